The summed E-state index contributed by atoms with van der Waals surface area (Å²) in [6.45, 7) is 5.29. The van der Waals surface area contributed by atoms with Crippen LogP contribution in [-0.4, -0.2) is 25.0 Å². The van der Waals surface area contributed by atoms with E-state index in [0.29, 0.717) is 11.3 Å². The van der Waals surface area contributed by atoms with Crippen molar-refractivity contribution in [1.82, 2.24) is 0 Å². The number of aryl methyl sites for hydroxylation is 3. The molecule has 126 valence electrons. The first kappa shape index (κ1) is 18.2. The van der Waals surface area contributed by atoms with Crippen molar-refractivity contribution in [3.8, 4) is 5.75 Å². The second-order valence-electron chi connectivity index (χ2n) is 5.58. The van der Waals surface area contributed by atoms with E-state index in [9.17, 15) is 9.59 Å². The first-order chi connectivity index (χ1) is 11.4. The molecule has 24 heavy (non-hydrogen) atoms. The number of carbonyl (C=O) groups excluding carboxylic acids is 2. The quantitative estimate of drug-likeness (QED) is 0.548. The molecule has 0 spiro atoms. The van der Waals surface area contributed by atoms with Crippen molar-refractivity contribution in [3.63, 3.8) is 0 Å². The Balaban J connectivity index is 1.87. The van der Waals surface area contributed by atoms with E-state index in [2.05, 4.69) is 15.9 Å². The summed E-state index contributed by atoms with van der Waals surface area (Å²) in [5.74, 6) is -0.242. The number of benzene rings is 2. The van der Waals surface area contributed by atoms with E-state index in [1.807, 2.05) is 39.0 Å². The van der Waals surface area contributed by atoms with Gasteiger partial charge in [0.25, 0.3) is 0 Å². The smallest absolute Gasteiger partial charge is 0.344 e. The molecule has 2 aromatic rings. The molecule has 0 aliphatic heterocycles. The van der Waals surface area contributed by atoms with Gasteiger partial charge < -0.3 is 9.47 Å². The van der Waals surface area contributed by atoms with Crippen molar-refractivity contribution in [2.24, 2.45) is 0 Å². The normalized spacial score (nSPS) is 10.3. The standard InChI is InChI=1S/C19H19BrO4/c1-12-7-14(3)17(8-13(12)2)18(21)10-24-19(22)11-23-16-6-4-5-15(20)9-16/h4-9H,10-11H2,1-3H3. The van der Waals surface area contributed by atoms with Gasteiger partial charge >= 0.3 is 5.97 Å². The Morgan fingerprint density at radius 3 is 2.38 bits per heavy atom. The predicted octanol–water partition coefficient (Wildman–Crippen LogP) is 4.18. The van der Waals surface area contributed by atoms with Gasteiger partial charge in [0, 0.05) is 10.0 Å². The van der Waals surface area contributed by atoms with Crippen LogP contribution in [0.1, 0.15) is 27.0 Å². The molecule has 5 heteroatoms. The minimum absolute atomic E-state index is 0.216. The predicted molar refractivity (Wildman–Crippen MR) is 95.6 cm³/mol. The average molecular weight is 391 g/mol. The zero-order valence-electron chi connectivity index (χ0n) is 13.9. The van der Waals surface area contributed by atoms with Crippen LogP contribution in [-0.2, 0) is 9.53 Å². The molecule has 0 atom stereocenters. The van der Waals surface area contributed by atoms with Crippen molar-refractivity contribution in [1.29, 1.82) is 0 Å². The lowest BCUT2D eigenvalue weighted by Gasteiger charge is -2.10. The van der Waals surface area contributed by atoms with Crippen LogP contribution >= 0.6 is 15.9 Å². The van der Waals surface area contributed by atoms with Crippen LogP contribution in [0.5, 0.6) is 5.75 Å². The topological polar surface area (TPSA) is 52.6 Å². The van der Waals surface area contributed by atoms with Gasteiger partial charge in [0.15, 0.2) is 13.2 Å². The molecule has 0 heterocycles. The number of hydrogen-bond acceptors (Lipinski definition) is 4. The van der Waals surface area contributed by atoms with Crippen LogP contribution in [0, 0.1) is 20.8 Å². The number of halogens is 1. The van der Waals surface area contributed by atoms with E-state index >= 15 is 0 Å². The molecule has 0 aliphatic rings. The monoisotopic (exact) mass is 390 g/mol. The lowest BCUT2D eigenvalue weighted by Crippen LogP contribution is -2.20. The van der Waals surface area contributed by atoms with E-state index < -0.39 is 5.97 Å². The fraction of sp³-hybridized carbons (Fsp3) is 0.263. The Bertz CT molecular complexity index is 768. The van der Waals surface area contributed by atoms with E-state index in [1.165, 1.54) is 0 Å². The summed E-state index contributed by atoms with van der Waals surface area (Å²) in [6.07, 6.45) is 0. The van der Waals surface area contributed by atoms with Gasteiger partial charge in [0.1, 0.15) is 5.75 Å². The molecule has 2 aromatic carbocycles. The Morgan fingerprint density at radius 2 is 1.67 bits per heavy atom. The number of Topliss-reactive ketones (excluding diaryl/α,β-unsaturated/α-hetero) is 1. The maximum absolute atomic E-state index is 12.2. The molecular weight excluding hydrogens is 372 g/mol. The van der Waals surface area contributed by atoms with Crippen molar-refractivity contribution in [2.75, 3.05) is 13.2 Å². The second kappa shape index (κ2) is 8.11. The van der Waals surface area contributed by atoms with Crippen LogP contribution in [0.15, 0.2) is 40.9 Å². The van der Waals surface area contributed by atoms with Gasteiger partial charge in [-0.25, -0.2) is 4.79 Å². The molecule has 0 saturated carbocycles. The van der Waals surface area contributed by atoms with Gasteiger partial charge in [0.2, 0.25) is 5.78 Å². The van der Waals surface area contributed by atoms with Crippen molar-refractivity contribution in [3.05, 3.63) is 63.1 Å². The Hall–Kier alpha value is -2.14. The first-order valence-electron chi connectivity index (χ1n) is 7.52. The van der Waals surface area contributed by atoms with E-state index in [4.69, 9.17) is 9.47 Å². The highest BCUT2D eigenvalue weighted by Crippen LogP contribution is 2.18. The van der Waals surface area contributed by atoms with Gasteiger partial charge in [-0.15, -0.1) is 0 Å². The van der Waals surface area contributed by atoms with Crippen LogP contribution < -0.4 is 4.74 Å². The second-order valence-corrected chi connectivity index (χ2v) is 6.50. The highest BCUT2D eigenvalue weighted by Gasteiger charge is 2.14. The molecule has 0 bridgehead atoms. The SMILES string of the molecule is Cc1cc(C)c(C(=O)COC(=O)COc2cccc(Br)c2)cc1C. The molecule has 0 fully saturated rings. The summed E-state index contributed by atoms with van der Waals surface area (Å²) in [4.78, 5) is 24.0. The van der Waals surface area contributed by atoms with Crippen LogP contribution in [0.2, 0.25) is 0 Å². The van der Waals surface area contributed by atoms with Crippen LogP contribution in [0.4, 0.5) is 0 Å². The Morgan fingerprint density at radius 1 is 0.958 bits per heavy atom. The molecule has 4 nitrogen and oxygen atoms in total. The molecule has 0 N–H and O–H groups in total. The number of carbonyl (C=O) groups is 2. The van der Waals surface area contributed by atoms with Crippen LogP contribution in [0.3, 0.4) is 0 Å². The first-order valence-corrected chi connectivity index (χ1v) is 8.31. The van der Waals surface area contributed by atoms with E-state index in [-0.39, 0.29) is 19.0 Å². The van der Waals surface area contributed by atoms with E-state index in [0.717, 1.165) is 21.2 Å². The summed E-state index contributed by atoms with van der Waals surface area (Å²) >= 11 is 3.32. The van der Waals surface area contributed by atoms with Crippen LogP contribution in [0.25, 0.3) is 0 Å². The third kappa shape index (κ3) is 4.93. The fourth-order valence-electron chi connectivity index (χ4n) is 2.23. The summed E-state index contributed by atoms with van der Waals surface area (Å²) in [5.41, 5.74) is 3.63. The maximum Gasteiger partial charge on any atom is 0.344 e. The molecule has 0 aromatic heterocycles. The van der Waals surface area contributed by atoms with E-state index in [1.54, 1.807) is 18.2 Å². The number of ether oxygens (including phenoxy) is 2. The van der Waals surface area contributed by atoms with Gasteiger partial charge in [-0.2, -0.15) is 0 Å². The molecule has 0 radical (unpaired) electrons. The zero-order valence-corrected chi connectivity index (χ0v) is 15.5. The minimum Gasteiger partial charge on any atom is -0.482 e. The third-order valence-electron chi connectivity index (χ3n) is 3.66. The Kier molecular flexibility index (Phi) is 6.15. The maximum atomic E-state index is 12.2. The summed E-state index contributed by atoms with van der Waals surface area (Å²) in [5, 5.41) is 0. The van der Waals surface area contributed by atoms with Crippen molar-refractivity contribution in [2.45, 2.75) is 20.8 Å². The number of esters is 1. The number of ketones is 1. The van der Waals surface area contributed by atoms with Crippen molar-refractivity contribution >= 4 is 27.7 Å². The molecule has 2 rings (SSSR count). The Labute approximate surface area is 149 Å². The van der Waals surface area contributed by atoms with Crippen molar-refractivity contribution < 1.29 is 19.1 Å². The van der Waals surface area contributed by atoms with Gasteiger partial charge in [-0.1, -0.05) is 28.1 Å². The summed E-state index contributed by atoms with van der Waals surface area (Å²) in [6, 6.07) is 10.9. The highest BCUT2D eigenvalue weighted by molar-refractivity contribution is 9.10. The largest absolute Gasteiger partial charge is 0.482 e. The average Bonchev–Trinajstić information content (AvgIpc) is 2.54. The van der Waals surface area contributed by atoms with Gasteiger partial charge in [0.05, 0.1) is 0 Å². The molecule has 0 saturated heterocycles. The van der Waals surface area contributed by atoms with Gasteiger partial charge in [-0.3, -0.25) is 4.79 Å². The minimum atomic E-state index is -0.579. The number of rotatable bonds is 6. The third-order valence-corrected chi connectivity index (χ3v) is 4.15. The highest BCUT2D eigenvalue weighted by atomic mass is 79.9. The molecule has 0 unspecified atom stereocenters. The molecule has 0 amide bonds. The summed E-state index contributed by atoms with van der Waals surface area (Å²) < 4.78 is 11.2. The number of hydrogen-bond donors (Lipinski definition) is 0. The zero-order chi connectivity index (χ0) is 17.7. The van der Waals surface area contributed by atoms with Gasteiger partial charge in [-0.05, 0) is 61.7 Å². The summed E-state index contributed by atoms with van der Waals surface area (Å²) in [7, 11) is 0. The fourth-order valence-corrected chi connectivity index (χ4v) is 2.60. The molecular formula is C19H19BrO4. The molecule has 0 aliphatic carbocycles. The lowest BCUT2D eigenvalue weighted by molar-refractivity contribution is -0.144. The lowest BCUT2D eigenvalue weighted by atomic mass is 9.98.